The maximum atomic E-state index is 14.1. The zero-order valence-corrected chi connectivity index (χ0v) is 16.3. The summed E-state index contributed by atoms with van der Waals surface area (Å²) in [5.41, 5.74) is 7.21. The molecule has 1 fully saturated rings. The molecule has 0 unspecified atom stereocenters. The van der Waals surface area contributed by atoms with E-state index in [2.05, 4.69) is 15.9 Å². The number of carbonyl (C=O) groups excluding carboxylic acids is 1. The van der Waals surface area contributed by atoms with Crippen LogP contribution in [0.3, 0.4) is 0 Å². The van der Waals surface area contributed by atoms with Crippen LogP contribution in [-0.2, 0) is 4.79 Å². The first-order valence-electron chi connectivity index (χ1n) is 7.82. The molecule has 0 bridgehead atoms. The van der Waals surface area contributed by atoms with Crippen LogP contribution in [-0.4, -0.2) is 12.5 Å². The van der Waals surface area contributed by atoms with Crippen LogP contribution in [0.25, 0.3) is 0 Å². The Bertz CT molecular complexity index is 794. The van der Waals surface area contributed by atoms with Crippen LogP contribution >= 0.6 is 39.1 Å². The second-order valence-corrected chi connectivity index (χ2v) is 7.86. The number of benzene rings is 2. The van der Waals surface area contributed by atoms with E-state index in [1.807, 2.05) is 0 Å². The van der Waals surface area contributed by atoms with Crippen LogP contribution in [0.1, 0.15) is 23.2 Å². The van der Waals surface area contributed by atoms with E-state index in [0.29, 0.717) is 46.4 Å². The molecule has 0 aromatic heterocycles. The molecule has 0 saturated carbocycles. The molecule has 3 nitrogen and oxygen atoms in total. The minimum Gasteiger partial charge on any atom is -0.399 e. The Balaban J connectivity index is 1.90. The number of halogens is 4. The fourth-order valence-electron chi connectivity index (χ4n) is 3.12. The lowest BCUT2D eigenvalue weighted by Gasteiger charge is -2.36. The molecule has 25 heavy (non-hydrogen) atoms. The van der Waals surface area contributed by atoms with Gasteiger partial charge in [0.2, 0.25) is 5.91 Å². The predicted octanol–water partition coefficient (Wildman–Crippen LogP) is 5.59. The van der Waals surface area contributed by atoms with Gasteiger partial charge in [0.15, 0.2) is 0 Å². The fraction of sp³-hybridized carbons (Fsp3) is 0.278. The van der Waals surface area contributed by atoms with E-state index < -0.39 is 0 Å². The van der Waals surface area contributed by atoms with Crippen molar-refractivity contribution in [3.8, 4) is 0 Å². The van der Waals surface area contributed by atoms with E-state index in [0.717, 1.165) is 0 Å². The molecule has 1 saturated heterocycles. The molecule has 1 aliphatic heterocycles. The summed E-state index contributed by atoms with van der Waals surface area (Å²) in [6.07, 6.45) is 1.00. The molecule has 3 rings (SSSR count). The topological polar surface area (TPSA) is 46.3 Å². The Labute approximate surface area is 164 Å². The van der Waals surface area contributed by atoms with Gasteiger partial charge < -0.3 is 10.6 Å². The maximum absolute atomic E-state index is 14.1. The van der Waals surface area contributed by atoms with Crippen LogP contribution in [0, 0.1) is 11.7 Å². The molecule has 2 aromatic carbocycles. The molecule has 7 heteroatoms. The number of hydrogen-bond acceptors (Lipinski definition) is 2. The summed E-state index contributed by atoms with van der Waals surface area (Å²) in [6, 6.07) is 9.78. The van der Waals surface area contributed by atoms with Gasteiger partial charge in [-0.15, -0.1) is 0 Å². The third kappa shape index (κ3) is 3.78. The van der Waals surface area contributed by atoms with Crippen LogP contribution in [0.4, 0.5) is 15.8 Å². The summed E-state index contributed by atoms with van der Waals surface area (Å²) in [5, 5.41) is 0.659. The Morgan fingerprint density at radius 3 is 2.52 bits per heavy atom. The average Bonchev–Trinajstić information content (AvgIpc) is 2.55. The molecule has 132 valence electrons. The average molecular weight is 446 g/mol. The summed E-state index contributed by atoms with van der Waals surface area (Å²) in [6.45, 7) is 0.395. The quantitative estimate of drug-likeness (QED) is 0.494. The van der Waals surface area contributed by atoms with E-state index in [-0.39, 0.29) is 22.5 Å². The third-order valence-corrected chi connectivity index (χ3v) is 6.19. The standard InChI is InChI=1S/C18H16BrCl2FN2O/c19-17(12-3-1-2-4-15(12)22)10-5-6-16(25)24(9-10)18-13(20)7-11(23)8-14(18)21/h1-4,7-8,10,17H,5-6,9,23H2/t10-,17+/m0/s1. The summed E-state index contributed by atoms with van der Waals surface area (Å²) in [5.74, 6) is -0.297. The van der Waals surface area contributed by atoms with Crippen molar-refractivity contribution in [2.24, 2.45) is 5.92 Å². The zero-order chi connectivity index (χ0) is 18.1. The number of carbonyl (C=O) groups is 1. The number of rotatable bonds is 3. The summed E-state index contributed by atoms with van der Waals surface area (Å²) < 4.78 is 14.1. The SMILES string of the molecule is Nc1cc(Cl)c(N2C[C@@H]([C@@H](Br)c3ccccc3F)CCC2=O)c(Cl)c1. The van der Waals surface area contributed by atoms with Gasteiger partial charge in [0.05, 0.1) is 15.7 Å². The van der Waals surface area contributed by atoms with Crippen molar-refractivity contribution in [2.75, 3.05) is 17.2 Å². The number of nitrogens with zero attached hydrogens (tertiary/aromatic N) is 1. The molecule has 1 heterocycles. The zero-order valence-electron chi connectivity index (χ0n) is 13.2. The van der Waals surface area contributed by atoms with Crippen molar-refractivity contribution in [1.29, 1.82) is 0 Å². The van der Waals surface area contributed by atoms with Gasteiger partial charge in [-0.05, 0) is 30.5 Å². The highest BCUT2D eigenvalue weighted by molar-refractivity contribution is 9.09. The van der Waals surface area contributed by atoms with Gasteiger partial charge >= 0.3 is 0 Å². The smallest absolute Gasteiger partial charge is 0.227 e. The van der Waals surface area contributed by atoms with Crippen molar-refractivity contribution >= 4 is 56.4 Å². The molecular formula is C18H16BrCl2FN2O. The maximum Gasteiger partial charge on any atom is 0.227 e. The van der Waals surface area contributed by atoms with Crippen LogP contribution in [0.2, 0.25) is 10.0 Å². The minimum absolute atomic E-state index is 0.0271. The highest BCUT2D eigenvalue weighted by Crippen LogP contribution is 2.42. The first-order valence-corrected chi connectivity index (χ1v) is 9.49. The lowest BCUT2D eigenvalue weighted by Crippen LogP contribution is -2.41. The van der Waals surface area contributed by atoms with Crippen molar-refractivity contribution in [3.63, 3.8) is 0 Å². The highest BCUT2D eigenvalue weighted by atomic mass is 79.9. The van der Waals surface area contributed by atoms with Gasteiger partial charge in [-0.3, -0.25) is 4.79 Å². The molecule has 1 aliphatic rings. The number of amides is 1. The Morgan fingerprint density at radius 2 is 1.88 bits per heavy atom. The monoisotopic (exact) mass is 444 g/mol. The summed E-state index contributed by atoms with van der Waals surface area (Å²) in [7, 11) is 0. The third-order valence-electron chi connectivity index (χ3n) is 4.37. The van der Waals surface area contributed by atoms with Crippen molar-refractivity contribution in [3.05, 3.63) is 57.8 Å². The Kier molecular flexibility index (Phi) is 5.56. The molecule has 2 aromatic rings. The number of piperidine rings is 1. The van der Waals surface area contributed by atoms with E-state index in [1.165, 1.54) is 6.07 Å². The van der Waals surface area contributed by atoms with E-state index in [1.54, 1.807) is 35.2 Å². The Morgan fingerprint density at radius 1 is 1.24 bits per heavy atom. The second-order valence-electron chi connectivity index (χ2n) is 6.06. The van der Waals surface area contributed by atoms with E-state index in [9.17, 15) is 9.18 Å². The van der Waals surface area contributed by atoms with Crippen LogP contribution < -0.4 is 10.6 Å². The molecule has 0 spiro atoms. The molecule has 2 atom stereocenters. The van der Waals surface area contributed by atoms with Crippen molar-refractivity contribution in [2.45, 2.75) is 17.7 Å². The van der Waals surface area contributed by atoms with Gasteiger partial charge in [0, 0.05) is 29.0 Å². The molecule has 1 amide bonds. The number of anilines is 2. The molecule has 0 radical (unpaired) electrons. The van der Waals surface area contributed by atoms with E-state index >= 15 is 0 Å². The highest BCUT2D eigenvalue weighted by Gasteiger charge is 2.34. The summed E-state index contributed by atoms with van der Waals surface area (Å²) >= 11 is 16.1. The second kappa shape index (κ2) is 7.52. The van der Waals surface area contributed by atoms with Crippen molar-refractivity contribution in [1.82, 2.24) is 0 Å². The molecular weight excluding hydrogens is 430 g/mol. The van der Waals surface area contributed by atoms with E-state index in [4.69, 9.17) is 28.9 Å². The number of alkyl halides is 1. The minimum atomic E-state index is -0.267. The Hall–Kier alpha value is -1.30. The van der Waals surface area contributed by atoms with Gasteiger partial charge in [-0.1, -0.05) is 57.3 Å². The van der Waals surface area contributed by atoms with Crippen LogP contribution in [0.15, 0.2) is 36.4 Å². The lowest BCUT2D eigenvalue weighted by molar-refractivity contribution is -0.120. The van der Waals surface area contributed by atoms with Gasteiger partial charge in [0.25, 0.3) is 0 Å². The van der Waals surface area contributed by atoms with Crippen molar-refractivity contribution < 1.29 is 9.18 Å². The predicted molar refractivity (Wildman–Crippen MR) is 104 cm³/mol. The normalized spacial score (nSPS) is 19.1. The van der Waals surface area contributed by atoms with Crippen LogP contribution in [0.5, 0.6) is 0 Å². The number of nitrogens with two attached hydrogens (primary N) is 1. The summed E-state index contributed by atoms with van der Waals surface area (Å²) in [4.78, 5) is 13.8. The van der Waals surface area contributed by atoms with Gasteiger partial charge in [-0.25, -0.2) is 4.39 Å². The molecule has 2 N–H and O–H groups in total. The fourth-order valence-corrected chi connectivity index (χ4v) is 4.63. The largest absolute Gasteiger partial charge is 0.399 e. The number of nitrogen functional groups attached to an aromatic ring is 1. The lowest BCUT2D eigenvalue weighted by atomic mass is 9.90. The first-order chi connectivity index (χ1) is 11.9. The first kappa shape index (κ1) is 18.5. The van der Waals surface area contributed by atoms with Gasteiger partial charge in [0.1, 0.15) is 5.82 Å². The van der Waals surface area contributed by atoms with Gasteiger partial charge in [-0.2, -0.15) is 0 Å². The number of hydrogen-bond donors (Lipinski definition) is 1. The molecule has 0 aliphatic carbocycles.